The van der Waals surface area contributed by atoms with Gasteiger partial charge in [-0.15, -0.1) is 0 Å². The van der Waals surface area contributed by atoms with Crippen LogP contribution in [0.3, 0.4) is 0 Å². The fourth-order valence-corrected chi connectivity index (χ4v) is 2.83. The van der Waals surface area contributed by atoms with E-state index in [0.29, 0.717) is 24.4 Å². The Hall–Kier alpha value is -2.63. The van der Waals surface area contributed by atoms with Gasteiger partial charge in [0, 0.05) is 37.6 Å². The van der Waals surface area contributed by atoms with E-state index in [1.807, 2.05) is 4.90 Å². The largest absolute Gasteiger partial charge is 0.459 e. The van der Waals surface area contributed by atoms with Crippen molar-refractivity contribution in [2.45, 2.75) is 12.8 Å². The molecule has 1 saturated heterocycles. The van der Waals surface area contributed by atoms with Crippen LogP contribution in [0.4, 0.5) is 0 Å². The van der Waals surface area contributed by atoms with Crippen molar-refractivity contribution in [2.24, 2.45) is 5.92 Å². The molecular weight excluding hydrogens is 294 g/mol. The van der Waals surface area contributed by atoms with E-state index < -0.39 is 0 Å². The molecule has 1 aliphatic heterocycles. The molecule has 1 fully saturated rings. The molecule has 120 valence electrons. The Balaban J connectivity index is 1.54. The predicted molar refractivity (Wildman–Crippen MR) is 83.9 cm³/mol. The number of nitrogens with one attached hydrogen (secondary N) is 1. The van der Waals surface area contributed by atoms with Crippen molar-refractivity contribution in [1.82, 2.24) is 15.2 Å². The van der Waals surface area contributed by atoms with Crippen molar-refractivity contribution < 1.29 is 14.0 Å². The van der Waals surface area contributed by atoms with Crippen molar-refractivity contribution in [2.75, 3.05) is 19.6 Å². The van der Waals surface area contributed by atoms with E-state index in [2.05, 4.69) is 10.3 Å². The van der Waals surface area contributed by atoms with E-state index >= 15 is 0 Å². The maximum atomic E-state index is 12.5. The highest BCUT2D eigenvalue weighted by Gasteiger charge is 2.25. The minimum atomic E-state index is -0.215. The molecule has 23 heavy (non-hydrogen) atoms. The van der Waals surface area contributed by atoms with Crippen LogP contribution in [0, 0.1) is 5.92 Å². The maximum absolute atomic E-state index is 12.5. The number of nitrogens with zero attached hydrogens (tertiary/aromatic N) is 2. The van der Waals surface area contributed by atoms with Gasteiger partial charge in [0.2, 0.25) is 0 Å². The van der Waals surface area contributed by atoms with Crippen LogP contribution in [0.25, 0.3) is 0 Å². The van der Waals surface area contributed by atoms with Gasteiger partial charge in [0.25, 0.3) is 11.8 Å². The number of aromatic nitrogens is 1. The van der Waals surface area contributed by atoms with Gasteiger partial charge in [0.15, 0.2) is 5.76 Å². The number of carbonyl (C=O) groups is 2. The number of hydrogen-bond acceptors (Lipinski definition) is 4. The third-order valence-electron chi connectivity index (χ3n) is 4.03. The van der Waals surface area contributed by atoms with Crippen LogP contribution >= 0.6 is 0 Å². The summed E-state index contributed by atoms with van der Waals surface area (Å²) in [5.74, 6) is 0.376. The van der Waals surface area contributed by atoms with Crippen LogP contribution in [-0.4, -0.2) is 41.3 Å². The van der Waals surface area contributed by atoms with E-state index in [1.54, 1.807) is 36.7 Å². The molecule has 3 heterocycles. The lowest BCUT2D eigenvalue weighted by atomic mass is 9.97. The molecule has 2 aromatic heterocycles. The molecule has 1 N–H and O–H groups in total. The van der Waals surface area contributed by atoms with Crippen molar-refractivity contribution in [3.05, 3.63) is 54.2 Å². The molecular formula is C17H19N3O3. The van der Waals surface area contributed by atoms with Crippen LogP contribution in [0.5, 0.6) is 0 Å². The second-order valence-corrected chi connectivity index (χ2v) is 5.68. The molecule has 0 saturated carbocycles. The predicted octanol–water partition coefficient (Wildman–Crippen LogP) is 1.96. The average Bonchev–Trinajstić information content (AvgIpc) is 3.15. The Labute approximate surface area is 134 Å². The third-order valence-corrected chi connectivity index (χ3v) is 4.03. The zero-order valence-electron chi connectivity index (χ0n) is 12.8. The smallest absolute Gasteiger partial charge is 0.286 e. The Morgan fingerprint density at radius 2 is 2.13 bits per heavy atom. The molecule has 6 nitrogen and oxygen atoms in total. The summed E-state index contributed by atoms with van der Waals surface area (Å²) in [6.07, 6.45) is 6.66. The van der Waals surface area contributed by atoms with Crippen molar-refractivity contribution in [3.8, 4) is 0 Å². The summed E-state index contributed by atoms with van der Waals surface area (Å²) in [6.45, 7) is 1.95. The standard InChI is InChI=1S/C17H19N3O3/c21-16(15-4-2-10-23-15)19-11-13-3-1-9-20(12-13)17(22)14-5-7-18-8-6-14/h2,4-8,10,13H,1,3,9,11-12H2,(H,19,21)/t13-/m1/s1. The molecule has 1 atom stereocenters. The molecule has 0 radical (unpaired) electrons. The van der Waals surface area contributed by atoms with Crippen LogP contribution in [0.2, 0.25) is 0 Å². The second-order valence-electron chi connectivity index (χ2n) is 5.68. The third kappa shape index (κ3) is 3.77. The molecule has 0 aromatic carbocycles. The van der Waals surface area contributed by atoms with Crippen LogP contribution in [0.1, 0.15) is 33.8 Å². The van der Waals surface area contributed by atoms with Gasteiger partial charge in [-0.3, -0.25) is 14.6 Å². The van der Waals surface area contributed by atoms with Gasteiger partial charge in [0.05, 0.1) is 6.26 Å². The lowest BCUT2D eigenvalue weighted by Crippen LogP contribution is -2.43. The van der Waals surface area contributed by atoms with Gasteiger partial charge in [-0.2, -0.15) is 0 Å². The number of piperidine rings is 1. The van der Waals surface area contributed by atoms with Gasteiger partial charge in [0.1, 0.15) is 0 Å². The lowest BCUT2D eigenvalue weighted by molar-refractivity contribution is 0.0670. The first kappa shape index (κ1) is 15.3. The number of furan rings is 1. The molecule has 2 amide bonds. The normalized spacial score (nSPS) is 17.7. The Kier molecular flexibility index (Phi) is 4.71. The van der Waals surface area contributed by atoms with Gasteiger partial charge >= 0.3 is 0 Å². The SMILES string of the molecule is O=C(NC[C@H]1CCCN(C(=O)c2ccncc2)C1)c1ccco1. The zero-order chi connectivity index (χ0) is 16.1. The van der Waals surface area contributed by atoms with E-state index in [4.69, 9.17) is 4.42 Å². The molecule has 1 aliphatic rings. The van der Waals surface area contributed by atoms with E-state index in [0.717, 1.165) is 19.4 Å². The molecule has 0 spiro atoms. The molecule has 0 bridgehead atoms. The summed E-state index contributed by atoms with van der Waals surface area (Å²) in [6, 6.07) is 6.77. The molecule has 0 unspecified atom stereocenters. The molecule has 6 heteroatoms. The monoisotopic (exact) mass is 313 g/mol. The molecule has 2 aromatic rings. The van der Waals surface area contributed by atoms with Gasteiger partial charge in [-0.05, 0) is 43.0 Å². The summed E-state index contributed by atoms with van der Waals surface area (Å²) in [4.78, 5) is 30.1. The number of rotatable bonds is 4. The lowest BCUT2D eigenvalue weighted by Gasteiger charge is -2.32. The Bertz CT molecular complexity index is 655. The summed E-state index contributed by atoms with van der Waals surface area (Å²) in [7, 11) is 0. The summed E-state index contributed by atoms with van der Waals surface area (Å²) < 4.78 is 5.07. The highest BCUT2D eigenvalue weighted by Crippen LogP contribution is 2.18. The fourth-order valence-electron chi connectivity index (χ4n) is 2.83. The summed E-state index contributed by atoms with van der Waals surface area (Å²) in [5.41, 5.74) is 0.653. The van der Waals surface area contributed by atoms with E-state index in [9.17, 15) is 9.59 Å². The number of hydrogen-bond donors (Lipinski definition) is 1. The fraction of sp³-hybridized carbons (Fsp3) is 0.353. The highest BCUT2D eigenvalue weighted by molar-refractivity contribution is 5.94. The van der Waals surface area contributed by atoms with Gasteiger partial charge in [-0.1, -0.05) is 0 Å². The van der Waals surface area contributed by atoms with Crippen molar-refractivity contribution in [3.63, 3.8) is 0 Å². The van der Waals surface area contributed by atoms with E-state index in [-0.39, 0.29) is 17.7 Å². The highest BCUT2D eigenvalue weighted by atomic mass is 16.3. The van der Waals surface area contributed by atoms with Gasteiger partial charge in [-0.25, -0.2) is 0 Å². The zero-order valence-corrected chi connectivity index (χ0v) is 12.8. The van der Waals surface area contributed by atoms with Gasteiger partial charge < -0.3 is 14.6 Å². The van der Waals surface area contributed by atoms with Crippen LogP contribution in [-0.2, 0) is 0 Å². The summed E-state index contributed by atoms with van der Waals surface area (Å²) in [5, 5.41) is 2.87. The minimum absolute atomic E-state index is 0.0226. The van der Waals surface area contributed by atoms with Crippen molar-refractivity contribution in [1.29, 1.82) is 0 Å². The first-order chi connectivity index (χ1) is 11.2. The average molecular weight is 313 g/mol. The van der Waals surface area contributed by atoms with Crippen LogP contribution < -0.4 is 5.32 Å². The Morgan fingerprint density at radius 1 is 1.30 bits per heavy atom. The maximum Gasteiger partial charge on any atom is 0.286 e. The second kappa shape index (κ2) is 7.09. The number of amides is 2. The quantitative estimate of drug-likeness (QED) is 0.936. The first-order valence-corrected chi connectivity index (χ1v) is 7.75. The molecule has 3 rings (SSSR count). The minimum Gasteiger partial charge on any atom is -0.459 e. The molecule has 0 aliphatic carbocycles. The Morgan fingerprint density at radius 3 is 2.87 bits per heavy atom. The number of likely N-dealkylation sites (tertiary alicyclic amines) is 1. The van der Waals surface area contributed by atoms with Crippen LogP contribution in [0.15, 0.2) is 47.3 Å². The number of pyridine rings is 1. The number of carbonyl (C=O) groups excluding carboxylic acids is 2. The van der Waals surface area contributed by atoms with Crippen molar-refractivity contribution >= 4 is 11.8 Å². The van der Waals surface area contributed by atoms with E-state index in [1.165, 1.54) is 6.26 Å². The topological polar surface area (TPSA) is 75.4 Å². The first-order valence-electron chi connectivity index (χ1n) is 7.75. The summed E-state index contributed by atoms with van der Waals surface area (Å²) >= 11 is 0.